The quantitative estimate of drug-likeness (QED) is 0.787. The number of oxazole rings is 1. The minimum absolute atomic E-state index is 0.0116. The van der Waals surface area contributed by atoms with Crippen molar-refractivity contribution < 1.29 is 13.2 Å². The Morgan fingerprint density at radius 1 is 1.19 bits per heavy atom. The molecule has 3 aromatic rings. The van der Waals surface area contributed by atoms with Gasteiger partial charge < -0.3 is 9.73 Å². The van der Waals surface area contributed by atoms with E-state index in [0.717, 1.165) is 17.8 Å². The summed E-state index contributed by atoms with van der Waals surface area (Å²) in [5, 5.41) is 3.01. The number of benzene rings is 1. The van der Waals surface area contributed by atoms with Gasteiger partial charge >= 0.3 is 0 Å². The van der Waals surface area contributed by atoms with E-state index in [1.165, 1.54) is 0 Å². The molecular formula is C14H11F2N3OS. The van der Waals surface area contributed by atoms with Crippen molar-refractivity contribution in [2.75, 3.05) is 11.9 Å². The van der Waals surface area contributed by atoms with Crippen molar-refractivity contribution >= 4 is 28.7 Å². The van der Waals surface area contributed by atoms with Crippen LogP contribution in [0.3, 0.4) is 0 Å². The van der Waals surface area contributed by atoms with Crippen LogP contribution in [0.15, 0.2) is 45.0 Å². The lowest BCUT2D eigenvalue weighted by Crippen LogP contribution is -2.04. The van der Waals surface area contributed by atoms with Gasteiger partial charge in [-0.2, -0.15) is 0 Å². The molecule has 108 valence electrons. The molecule has 0 saturated heterocycles. The Hall–Kier alpha value is -2.15. The van der Waals surface area contributed by atoms with E-state index in [2.05, 4.69) is 15.3 Å². The molecule has 0 amide bonds. The summed E-state index contributed by atoms with van der Waals surface area (Å²) in [4.78, 5) is 8.15. The minimum Gasteiger partial charge on any atom is -0.431 e. The second kappa shape index (κ2) is 5.69. The molecule has 0 saturated carbocycles. The first-order valence-corrected chi connectivity index (χ1v) is 7.12. The lowest BCUT2D eigenvalue weighted by Gasteiger charge is -2.06. The van der Waals surface area contributed by atoms with Gasteiger partial charge in [-0.25, -0.2) is 18.7 Å². The molecule has 2 aromatic heterocycles. The average Bonchev–Trinajstić information content (AvgIpc) is 2.86. The van der Waals surface area contributed by atoms with Crippen molar-refractivity contribution in [1.29, 1.82) is 0 Å². The van der Waals surface area contributed by atoms with Crippen molar-refractivity contribution in [2.24, 2.45) is 0 Å². The standard InChI is InChI=1S/C14H11F2N3OS/c1-2-17-12-8(15)7-9(16)13(19-12)21-14-18-10-5-3-4-6-11(10)20-14/h3-7H,2H2,1H3,(H,17,19). The average molecular weight is 307 g/mol. The van der Waals surface area contributed by atoms with Gasteiger partial charge in [0.2, 0.25) is 0 Å². The summed E-state index contributed by atoms with van der Waals surface area (Å²) < 4.78 is 32.8. The monoisotopic (exact) mass is 307 g/mol. The zero-order valence-electron chi connectivity index (χ0n) is 11.1. The zero-order chi connectivity index (χ0) is 14.8. The van der Waals surface area contributed by atoms with E-state index in [0.29, 0.717) is 17.6 Å². The molecule has 3 rings (SSSR count). The van der Waals surface area contributed by atoms with E-state index in [9.17, 15) is 8.78 Å². The van der Waals surface area contributed by atoms with Crippen LogP contribution < -0.4 is 5.32 Å². The molecule has 1 N–H and O–H groups in total. The molecule has 0 bridgehead atoms. The summed E-state index contributed by atoms with van der Waals surface area (Å²) in [5.41, 5.74) is 1.28. The third-order valence-electron chi connectivity index (χ3n) is 2.70. The number of nitrogens with zero attached hydrogens (tertiary/aromatic N) is 2. The number of para-hydroxylation sites is 2. The minimum atomic E-state index is -0.749. The Labute approximate surface area is 123 Å². The van der Waals surface area contributed by atoms with E-state index in [4.69, 9.17) is 4.42 Å². The Kier molecular flexibility index (Phi) is 3.74. The Balaban J connectivity index is 1.94. The summed E-state index contributed by atoms with van der Waals surface area (Å²) in [6.45, 7) is 2.29. The summed E-state index contributed by atoms with van der Waals surface area (Å²) >= 11 is 0.918. The van der Waals surface area contributed by atoms with E-state index in [1.807, 2.05) is 12.1 Å². The lowest BCUT2D eigenvalue weighted by atomic mass is 10.3. The Morgan fingerprint density at radius 2 is 2.00 bits per heavy atom. The molecule has 0 unspecified atom stereocenters. The Bertz CT molecular complexity index is 758. The van der Waals surface area contributed by atoms with Gasteiger partial charge in [-0.15, -0.1) is 0 Å². The third kappa shape index (κ3) is 2.82. The Morgan fingerprint density at radius 3 is 2.76 bits per heavy atom. The molecule has 0 radical (unpaired) electrons. The fraction of sp³-hybridized carbons (Fsp3) is 0.143. The van der Waals surface area contributed by atoms with Gasteiger partial charge in [0.1, 0.15) is 10.5 Å². The first-order valence-electron chi connectivity index (χ1n) is 6.30. The molecular weight excluding hydrogens is 296 g/mol. The number of aromatic nitrogens is 2. The molecule has 4 nitrogen and oxygen atoms in total. The number of nitrogens with one attached hydrogen (secondary N) is 1. The maximum absolute atomic E-state index is 13.8. The highest BCUT2D eigenvalue weighted by molar-refractivity contribution is 7.99. The highest BCUT2D eigenvalue weighted by Gasteiger charge is 2.15. The van der Waals surface area contributed by atoms with Crippen molar-refractivity contribution in [2.45, 2.75) is 17.2 Å². The van der Waals surface area contributed by atoms with Crippen LogP contribution >= 0.6 is 11.8 Å². The fourth-order valence-electron chi connectivity index (χ4n) is 1.79. The molecule has 0 fully saturated rings. The summed E-state index contributed by atoms with van der Waals surface area (Å²) in [6, 6.07) is 8.02. The topological polar surface area (TPSA) is 51.0 Å². The molecule has 0 aliphatic rings. The summed E-state index contributed by atoms with van der Waals surface area (Å²) in [6.07, 6.45) is 0. The number of hydrogen-bond donors (Lipinski definition) is 1. The number of hydrogen-bond acceptors (Lipinski definition) is 5. The van der Waals surface area contributed by atoms with Crippen LogP contribution in [-0.4, -0.2) is 16.5 Å². The smallest absolute Gasteiger partial charge is 0.263 e. The molecule has 0 aliphatic carbocycles. The van der Waals surface area contributed by atoms with Crippen molar-refractivity contribution in [3.63, 3.8) is 0 Å². The predicted molar refractivity (Wildman–Crippen MR) is 76.4 cm³/mol. The van der Waals surface area contributed by atoms with Gasteiger partial charge in [0.15, 0.2) is 23.0 Å². The second-order valence-electron chi connectivity index (χ2n) is 4.19. The van der Waals surface area contributed by atoms with Gasteiger partial charge in [-0.1, -0.05) is 12.1 Å². The van der Waals surface area contributed by atoms with Gasteiger partial charge in [0, 0.05) is 12.6 Å². The van der Waals surface area contributed by atoms with Crippen LogP contribution in [0.1, 0.15) is 6.92 Å². The molecule has 0 aliphatic heterocycles. The maximum Gasteiger partial charge on any atom is 0.263 e. The van der Waals surface area contributed by atoms with Crippen molar-refractivity contribution in [3.05, 3.63) is 42.0 Å². The van der Waals surface area contributed by atoms with E-state index >= 15 is 0 Å². The highest BCUT2D eigenvalue weighted by Crippen LogP contribution is 2.31. The van der Waals surface area contributed by atoms with Crippen LogP contribution in [-0.2, 0) is 0 Å². The number of halogens is 2. The van der Waals surface area contributed by atoms with Crippen molar-refractivity contribution in [1.82, 2.24) is 9.97 Å². The highest BCUT2D eigenvalue weighted by atomic mass is 32.2. The second-order valence-corrected chi connectivity index (χ2v) is 5.13. The normalized spacial score (nSPS) is 11.0. The van der Waals surface area contributed by atoms with Gasteiger partial charge in [-0.3, -0.25) is 0 Å². The molecule has 2 heterocycles. The molecule has 7 heteroatoms. The van der Waals surface area contributed by atoms with Gasteiger partial charge in [0.25, 0.3) is 5.22 Å². The largest absolute Gasteiger partial charge is 0.431 e. The third-order valence-corrected chi connectivity index (χ3v) is 3.53. The van der Waals surface area contributed by atoms with Crippen LogP contribution in [0.4, 0.5) is 14.6 Å². The van der Waals surface area contributed by atoms with Gasteiger partial charge in [-0.05, 0) is 30.8 Å². The first kappa shape index (κ1) is 13.8. The van der Waals surface area contributed by atoms with Crippen LogP contribution in [0, 0.1) is 11.6 Å². The van der Waals surface area contributed by atoms with E-state index in [1.54, 1.807) is 19.1 Å². The van der Waals surface area contributed by atoms with E-state index in [-0.39, 0.29) is 16.1 Å². The number of fused-ring (bicyclic) bond motifs is 1. The number of pyridine rings is 1. The fourth-order valence-corrected chi connectivity index (χ4v) is 2.52. The number of rotatable bonds is 4. The maximum atomic E-state index is 13.8. The van der Waals surface area contributed by atoms with Crippen LogP contribution in [0.2, 0.25) is 0 Å². The molecule has 0 spiro atoms. The van der Waals surface area contributed by atoms with Crippen molar-refractivity contribution in [3.8, 4) is 0 Å². The van der Waals surface area contributed by atoms with E-state index < -0.39 is 11.6 Å². The predicted octanol–water partition coefficient (Wildman–Crippen LogP) is 4.08. The van der Waals surface area contributed by atoms with Crippen LogP contribution in [0.25, 0.3) is 11.1 Å². The SMILES string of the molecule is CCNc1nc(Sc2nc3ccccc3o2)c(F)cc1F. The lowest BCUT2D eigenvalue weighted by molar-refractivity contribution is 0.487. The van der Waals surface area contributed by atoms with Crippen LogP contribution in [0.5, 0.6) is 0 Å². The number of anilines is 1. The zero-order valence-corrected chi connectivity index (χ0v) is 11.9. The summed E-state index contributed by atoms with van der Waals surface area (Å²) in [7, 11) is 0. The molecule has 0 atom stereocenters. The first-order chi connectivity index (χ1) is 10.2. The van der Waals surface area contributed by atoms with Gasteiger partial charge in [0.05, 0.1) is 0 Å². The molecule has 1 aromatic carbocycles. The molecule has 21 heavy (non-hydrogen) atoms. The summed E-state index contributed by atoms with van der Waals surface area (Å²) in [5.74, 6) is -1.46.